The number of benzene rings is 1. The zero-order valence-electron chi connectivity index (χ0n) is 9.86. The summed E-state index contributed by atoms with van der Waals surface area (Å²) in [5, 5.41) is 0. The minimum Gasteiger partial charge on any atom is -0.497 e. The first-order valence-electron chi connectivity index (χ1n) is 5.34. The van der Waals surface area contributed by atoms with Gasteiger partial charge in [0.15, 0.2) is 0 Å². The van der Waals surface area contributed by atoms with Crippen molar-refractivity contribution in [3.63, 3.8) is 0 Å². The van der Waals surface area contributed by atoms with E-state index in [-0.39, 0.29) is 5.97 Å². The average Bonchev–Trinajstić information content (AvgIpc) is 2.75. The highest BCUT2D eigenvalue weighted by Gasteiger charge is 2.19. The lowest BCUT2D eigenvalue weighted by molar-refractivity contribution is -0.134. The van der Waals surface area contributed by atoms with Crippen molar-refractivity contribution in [3.8, 4) is 11.5 Å². The molecule has 0 N–H and O–H groups in total. The Hall–Kier alpha value is -1.97. The number of carbonyl (C=O) groups excluding carboxylic acids is 1. The monoisotopic (exact) mass is 234 g/mol. The highest BCUT2D eigenvalue weighted by molar-refractivity contribution is 5.95. The molecule has 1 fully saturated rings. The van der Waals surface area contributed by atoms with Crippen molar-refractivity contribution >= 4 is 12.0 Å². The zero-order chi connectivity index (χ0) is 12.3. The molecule has 90 valence electrons. The van der Waals surface area contributed by atoms with Crippen LogP contribution in [0.4, 0.5) is 0 Å². The first-order valence-corrected chi connectivity index (χ1v) is 5.34. The highest BCUT2D eigenvalue weighted by Crippen LogP contribution is 2.28. The van der Waals surface area contributed by atoms with Crippen LogP contribution in [-0.4, -0.2) is 26.8 Å². The second-order valence-corrected chi connectivity index (χ2v) is 3.66. The molecule has 1 aliphatic heterocycles. The van der Waals surface area contributed by atoms with Gasteiger partial charge in [0.05, 0.1) is 20.8 Å². The average molecular weight is 234 g/mol. The number of hydrogen-bond donors (Lipinski definition) is 0. The van der Waals surface area contributed by atoms with E-state index >= 15 is 0 Å². The summed E-state index contributed by atoms with van der Waals surface area (Å²) in [7, 11) is 3.19. The van der Waals surface area contributed by atoms with Gasteiger partial charge in [0.2, 0.25) is 0 Å². The molecule has 0 spiro atoms. The molecule has 1 heterocycles. The molecule has 1 saturated heterocycles. The van der Waals surface area contributed by atoms with Gasteiger partial charge >= 0.3 is 5.97 Å². The molecule has 0 aliphatic carbocycles. The third-order valence-corrected chi connectivity index (χ3v) is 2.63. The van der Waals surface area contributed by atoms with Gasteiger partial charge in [0, 0.05) is 17.6 Å². The van der Waals surface area contributed by atoms with E-state index in [1.54, 1.807) is 20.3 Å². The van der Waals surface area contributed by atoms with E-state index in [0.29, 0.717) is 24.4 Å². The van der Waals surface area contributed by atoms with Crippen LogP contribution in [0.15, 0.2) is 23.8 Å². The molecule has 1 aromatic rings. The van der Waals surface area contributed by atoms with Crippen molar-refractivity contribution in [2.24, 2.45) is 0 Å². The number of methoxy groups -OCH3 is 2. The molecule has 0 radical (unpaired) electrons. The molecular formula is C13H14O4. The Morgan fingerprint density at radius 3 is 2.71 bits per heavy atom. The zero-order valence-corrected chi connectivity index (χ0v) is 9.86. The topological polar surface area (TPSA) is 44.8 Å². The van der Waals surface area contributed by atoms with E-state index in [2.05, 4.69) is 0 Å². The lowest BCUT2D eigenvalue weighted by atomic mass is 10.1. The first-order chi connectivity index (χ1) is 8.24. The van der Waals surface area contributed by atoms with Crippen LogP contribution in [0.3, 0.4) is 0 Å². The van der Waals surface area contributed by atoms with Gasteiger partial charge in [-0.3, -0.25) is 0 Å². The quantitative estimate of drug-likeness (QED) is 0.593. The molecule has 2 rings (SSSR count). The maximum atomic E-state index is 11.4. The van der Waals surface area contributed by atoms with Crippen molar-refractivity contribution in [3.05, 3.63) is 29.3 Å². The normalized spacial score (nSPS) is 17.1. The number of rotatable bonds is 3. The van der Waals surface area contributed by atoms with E-state index < -0.39 is 0 Å². The molecule has 0 bridgehead atoms. The minimum atomic E-state index is -0.255. The summed E-state index contributed by atoms with van der Waals surface area (Å²) in [6.07, 6.45) is 2.43. The third kappa shape index (κ3) is 2.41. The van der Waals surface area contributed by atoms with Gasteiger partial charge in [-0.25, -0.2) is 4.79 Å². The molecule has 17 heavy (non-hydrogen) atoms. The van der Waals surface area contributed by atoms with E-state index in [0.717, 1.165) is 11.3 Å². The number of ether oxygens (including phenoxy) is 3. The van der Waals surface area contributed by atoms with Gasteiger partial charge in [-0.1, -0.05) is 0 Å². The van der Waals surface area contributed by atoms with E-state index in [1.807, 2.05) is 18.2 Å². The summed E-state index contributed by atoms with van der Waals surface area (Å²) >= 11 is 0. The number of cyclic esters (lactones) is 1. The Kier molecular flexibility index (Phi) is 3.32. The fraction of sp³-hybridized carbons (Fsp3) is 0.308. The molecular weight excluding hydrogens is 220 g/mol. The standard InChI is InChI=1S/C13H14O4/c1-15-11-3-4-12(16-2)10(8-11)7-9-5-6-17-13(9)14/h3-4,7-8H,5-6H2,1-2H3/b9-7+. The largest absolute Gasteiger partial charge is 0.497 e. The van der Waals surface area contributed by atoms with Crippen LogP contribution in [0.25, 0.3) is 6.08 Å². The lowest BCUT2D eigenvalue weighted by Gasteiger charge is -2.07. The van der Waals surface area contributed by atoms with Crippen LogP contribution < -0.4 is 9.47 Å². The summed E-state index contributed by atoms with van der Waals surface area (Å²) in [4.78, 5) is 11.4. The predicted octanol–water partition coefficient (Wildman–Crippen LogP) is 2.03. The van der Waals surface area contributed by atoms with E-state index in [4.69, 9.17) is 14.2 Å². The molecule has 0 aromatic heterocycles. The van der Waals surface area contributed by atoms with Crippen molar-refractivity contribution in [1.29, 1.82) is 0 Å². The van der Waals surface area contributed by atoms with Crippen LogP contribution in [0.2, 0.25) is 0 Å². The second-order valence-electron chi connectivity index (χ2n) is 3.66. The molecule has 0 atom stereocenters. The van der Waals surface area contributed by atoms with Crippen LogP contribution >= 0.6 is 0 Å². The fourth-order valence-corrected chi connectivity index (χ4v) is 1.72. The van der Waals surface area contributed by atoms with Crippen LogP contribution in [0.1, 0.15) is 12.0 Å². The maximum Gasteiger partial charge on any atom is 0.334 e. The Bertz CT molecular complexity index is 462. The minimum absolute atomic E-state index is 0.255. The van der Waals surface area contributed by atoms with Crippen LogP contribution in [0.5, 0.6) is 11.5 Å². The molecule has 1 aliphatic rings. The Morgan fingerprint density at radius 2 is 2.12 bits per heavy atom. The second kappa shape index (κ2) is 4.91. The Morgan fingerprint density at radius 1 is 1.29 bits per heavy atom. The lowest BCUT2D eigenvalue weighted by Crippen LogP contribution is -1.95. The Balaban J connectivity index is 2.39. The van der Waals surface area contributed by atoms with Crippen molar-refractivity contribution in [2.75, 3.05) is 20.8 Å². The Labute approximate surface area is 99.8 Å². The molecule has 4 nitrogen and oxygen atoms in total. The molecule has 0 amide bonds. The van der Waals surface area contributed by atoms with Gasteiger partial charge in [-0.2, -0.15) is 0 Å². The third-order valence-electron chi connectivity index (χ3n) is 2.63. The van der Waals surface area contributed by atoms with Gasteiger partial charge in [-0.15, -0.1) is 0 Å². The summed E-state index contributed by atoms with van der Waals surface area (Å²) in [5.41, 5.74) is 1.48. The summed E-state index contributed by atoms with van der Waals surface area (Å²) in [5.74, 6) is 1.18. The highest BCUT2D eigenvalue weighted by atomic mass is 16.5. The summed E-state index contributed by atoms with van der Waals surface area (Å²) < 4.78 is 15.3. The molecule has 4 heteroatoms. The molecule has 1 aromatic carbocycles. The molecule has 0 unspecified atom stereocenters. The maximum absolute atomic E-state index is 11.4. The molecule has 0 saturated carbocycles. The van der Waals surface area contributed by atoms with Crippen molar-refractivity contribution in [1.82, 2.24) is 0 Å². The summed E-state index contributed by atoms with van der Waals surface area (Å²) in [6, 6.07) is 5.46. The number of hydrogen-bond acceptors (Lipinski definition) is 4. The van der Waals surface area contributed by atoms with Gasteiger partial charge in [-0.05, 0) is 24.3 Å². The smallest absolute Gasteiger partial charge is 0.334 e. The predicted molar refractivity (Wildman–Crippen MR) is 63.1 cm³/mol. The van der Waals surface area contributed by atoms with Gasteiger partial charge in [0.25, 0.3) is 0 Å². The van der Waals surface area contributed by atoms with E-state index in [9.17, 15) is 4.79 Å². The van der Waals surface area contributed by atoms with E-state index in [1.165, 1.54) is 0 Å². The fourth-order valence-electron chi connectivity index (χ4n) is 1.72. The van der Waals surface area contributed by atoms with Crippen LogP contribution in [0, 0.1) is 0 Å². The van der Waals surface area contributed by atoms with Gasteiger partial charge in [0.1, 0.15) is 11.5 Å². The van der Waals surface area contributed by atoms with Crippen molar-refractivity contribution < 1.29 is 19.0 Å². The first kappa shape index (κ1) is 11.5. The van der Waals surface area contributed by atoms with Crippen molar-refractivity contribution in [2.45, 2.75) is 6.42 Å². The summed E-state index contributed by atoms with van der Waals surface area (Å²) in [6.45, 7) is 0.455. The number of carbonyl (C=O) groups is 1. The van der Waals surface area contributed by atoms with Gasteiger partial charge < -0.3 is 14.2 Å². The number of esters is 1. The SMILES string of the molecule is COc1ccc(OC)c(/C=C2\CCOC2=O)c1. The van der Waals surface area contributed by atoms with Crippen LogP contribution in [-0.2, 0) is 9.53 Å².